The van der Waals surface area contributed by atoms with Crippen LogP contribution in [0.15, 0.2) is 42.6 Å². The number of nitrogens with zero attached hydrogens (tertiary/aromatic N) is 2. The van der Waals surface area contributed by atoms with Crippen molar-refractivity contribution in [3.05, 3.63) is 53.7 Å². The van der Waals surface area contributed by atoms with Gasteiger partial charge in [-0.05, 0) is 24.5 Å². The Morgan fingerprint density at radius 2 is 2.14 bits per heavy atom. The third-order valence-corrected chi connectivity index (χ3v) is 4.02. The summed E-state index contributed by atoms with van der Waals surface area (Å²) in [6, 6.07) is 13.0. The molecule has 0 spiro atoms. The van der Waals surface area contributed by atoms with Gasteiger partial charge >= 0.3 is 0 Å². The molecule has 1 aliphatic rings. The first-order valence-corrected chi connectivity index (χ1v) is 7.45. The minimum Gasteiger partial charge on any atom is -0.398 e. The quantitative estimate of drug-likeness (QED) is 0.905. The van der Waals surface area contributed by atoms with Crippen LogP contribution < -0.4 is 11.1 Å². The van der Waals surface area contributed by atoms with Crippen molar-refractivity contribution in [1.82, 2.24) is 9.88 Å². The van der Waals surface area contributed by atoms with Gasteiger partial charge in [-0.25, -0.2) is 4.98 Å². The minimum absolute atomic E-state index is 0.448. The van der Waals surface area contributed by atoms with Crippen LogP contribution in [0.2, 0.25) is 0 Å². The normalized spacial score (nSPS) is 18.8. The van der Waals surface area contributed by atoms with Crippen LogP contribution in [0.1, 0.15) is 17.5 Å². The van der Waals surface area contributed by atoms with E-state index in [0.29, 0.717) is 6.04 Å². The molecule has 0 amide bonds. The van der Waals surface area contributed by atoms with E-state index in [4.69, 9.17) is 5.73 Å². The summed E-state index contributed by atoms with van der Waals surface area (Å²) in [5, 5.41) is 3.49. The first-order valence-electron chi connectivity index (χ1n) is 7.45. The number of aryl methyl sites for hydroxylation is 1. The van der Waals surface area contributed by atoms with E-state index in [1.54, 1.807) is 0 Å². The molecule has 2 aromatic rings. The van der Waals surface area contributed by atoms with E-state index in [-0.39, 0.29) is 0 Å². The Kier molecular flexibility index (Phi) is 4.06. The molecule has 1 unspecified atom stereocenters. The van der Waals surface area contributed by atoms with Crippen molar-refractivity contribution in [1.29, 1.82) is 0 Å². The molecule has 3 N–H and O–H groups in total. The standard InChI is InChI=1S/C17H22N4/c1-13-10-19-17(9-16(13)18)20-15-7-8-21(12-15)11-14-5-3-2-4-6-14/h2-6,9-10,15H,7-8,11-12H2,1H3,(H3,18,19,20). The van der Waals surface area contributed by atoms with Crippen LogP contribution in [-0.2, 0) is 6.54 Å². The Morgan fingerprint density at radius 1 is 1.33 bits per heavy atom. The molecule has 1 aliphatic heterocycles. The zero-order valence-corrected chi connectivity index (χ0v) is 12.4. The monoisotopic (exact) mass is 282 g/mol. The van der Waals surface area contributed by atoms with E-state index in [0.717, 1.165) is 43.1 Å². The molecule has 1 fully saturated rings. The van der Waals surface area contributed by atoms with Crippen LogP contribution in [0.4, 0.5) is 11.5 Å². The number of nitrogen functional groups attached to an aromatic ring is 1. The fraction of sp³-hybridized carbons (Fsp3) is 0.353. The van der Waals surface area contributed by atoms with E-state index in [9.17, 15) is 0 Å². The van der Waals surface area contributed by atoms with Crippen molar-refractivity contribution in [2.45, 2.75) is 25.9 Å². The number of rotatable bonds is 4. The summed E-state index contributed by atoms with van der Waals surface area (Å²) >= 11 is 0. The van der Waals surface area contributed by atoms with Gasteiger partial charge in [0.2, 0.25) is 0 Å². The lowest BCUT2D eigenvalue weighted by Crippen LogP contribution is -2.26. The Balaban J connectivity index is 1.56. The maximum Gasteiger partial charge on any atom is 0.128 e. The van der Waals surface area contributed by atoms with Crippen LogP contribution in [0.5, 0.6) is 0 Å². The highest BCUT2D eigenvalue weighted by Gasteiger charge is 2.22. The highest BCUT2D eigenvalue weighted by molar-refractivity contribution is 5.53. The summed E-state index contributed by atoms with van der Waals surface area (Å²) in [4.78, 5) is 6.88. The van der Waals surface area contributed by atoms with E-state index < -0.39 is 0 Å². The number of aromatic nitrogens is 1. The molecule has 1 atom stereocenters. The largest absolute Gasteiger partial charge is 0.398 e. The number of likely N-dealkylation sites (tertiary alicyclic amines) is 1. The number of anilines is 2. The van der Waals surface area contributed by atoms with E-state index in [1.165, 1.54) is 5.56 Å². The molecule has 4 nitrogen and oxygen atoms in total. The maximum absolute atomic E-state index is 5.93. The smallest absolute Gasteiger partial charge is 0.128 e. The molecule has 0 radical (unpaired) electrons. The average Bonchev–Trinajstić information content (AvgIpc) is 2.91. The molecule has 21 heavy (non-hydrogen) atoms. The number of benzene rings is 1. The predicted octanol–water partition coefficient (Wildman–Crippen LogP) is 2.66. The van der Waals surface area contributed by atoms with Gasteiger partial charge in [0, 0.05) is 43.6 Å². The molecular formula is C17H22N4. The Hall–Kier alpha value is -2.07. The van der Waals surface area contributed by atoms with Gasteiger partial charge in [-0.3, -0.25) is 4.90 Å². The first-order chi connectivity index (χ1) is 10.2. The van der Waals surface area contributed by atoms with Crippen LogP contribution >= 0.6 is 0 Å². The van der Waals surface area contributed by atoms with Gasteiger partial charge in [-0.1, -0.05) is 30.3 Å². The summed E-state index contributed by atoms with van der Waals surface area (Å²) in [7, 11) is 0. The number of nitrogens with one attached hydrogen (secondary N) is 1. The number of hydrogen-bond acceptors (Lipinski definition) is 4. The second-order valence-corrected chi connectivity index (χ2v) is 5.78. The Labute approximate surface area is 126 Å². The van der Waals surface area contributed by atoms with Crippen LogP contribution in [0.3, 0.4) is 0 Å². The molecule has 1 aromatic heterocycles. The molecule has 0 bridgehead atoms. The number of hydrogen-bond donors (Lipinski definition) is 2. The Morgan fingerprint density at radius 3 is 2.90 bits per heavy atom. The molecule has 1 saturated heterocycles. The first kappa shape index (κ1) is 13.9. The minimum atomic E-state index is 0.448. The molecule has 0 aliphatic carbocycles. The van der Waals surface area contributed by atoms with Gasteiger partial charge in [0.05, 0.1) is 0 Å². The summed E-state index contributed by atoms with van der Waals surface area (Å²) in [5.74, 6) is 0.879. The number of nitrogens with two attached hydrogens (primary N) is 1. The SMILES string of the molecule is Cc1cnc(NC2CCN(Cc3ccccc3)C2)cc1N. The maximum atomic E-state index is 5.93. The van der Waals surface area contributed by atoms with Crippen LogP contribution in [-0.4, -0.2) is 29.0 Å². The lowest BCUT2D eigenvalue weighted by molar-refractivity contribution is 0.328. The summed E-state index contributed by atoms with van der Waals surface area (Å²) < 4.78 is 0. The molecule has 2 heterocycles. The van der Waals surface area contributed by atoms with E-state index in [2.05, 4.69) is 45.5 Å². The van der Waals surface area contributed by atoms with Crippen molar-refractivity contribution in [3.63, 3.8) is 0 Å². The lowest BCUT2D eigenvalue weighted by Gasteiger charge is -2.17. The van der Waals surface area contributed by atoms with Crippen molar-refractivity contribution >= 4 is 11.5 Å². The summed E-state index contributed by atoms with van der Waals surface area (Å²) in [5.41, 5.74) is 9.13. The number of pyridine rings is 1. The van der Waals surface area contributed by atoms with Gasteiger partial charge in [0.25, 0.3) is 0 Å². The van der Waals surface area contributed by atoms with Gasteiger partial charge in [0.15, 0.2) is 0 Å². The van der Waals surface area contributed by atoms with Gasteiger partial charge in [-0.2, -0.15) is 0 Å². The highest BCUT2D eigenvalue weighted by atomic mass is 15.2. The zero-order valence-electron chi connectivity index (χ0n) is 12.4. The third-order valence-electron chi connectivity index (χ3n) is 4.02. The van der Waals surface area contributed by atoms with Crippen molar-refractivity contribution < 1.29 is 0 Å². The van der Waals surface area contributed by atoms with E-state index in [1.807, 2.05) is 19.2 Å². The lowest BCUT2D eigenvalue weighted by atomic mass is 10.2. The zero-order chi connectivity index (χ0) is 14.7. The van der Waals surface area contributed by atoms with Crippen LogP contribution in [0.25, 0.3) is 0 Å². The molecule has 1 aromatic carbocycles. The van der Waals surface area contributed by atoms with Gasteiger partial charge < -0.3 is 11.1 Å². The fourth-order valence-corrected chi connectivity index (χ4v) is 2.76. The summed E-state index contributed by atoms with van der Waals surface area (Å²) in [6.07, 6.45) is 2.97. The van der Waals surface area contributed by atoms with Gasteiger partial charge in [-0.15, -0.1) is 0 Å². The second-order valence-electron chi connectivity index (χ2n) is 5.78. The van der Waals surface area contributed by atoms with Crippen molar-refractivity contribution in [2.75, 3.05) is 24.1 Å². The van der Waals surface area contributed by atoms with Gasteiger partial charge in [0.1, 0.15) is 5.82 Å². The third kappa shape index (κ3) is 3.52. The predicted molar refractivity (Wildman–Crippen MR) is 87.1 cm³/mol. The fourth-order valence-electron chi connectivity index (χ4n) is 2.76. The summed E-state index contributed by atoms with van der Waals surface area (Å²) in [6.45, 7) is 5.16. The molecule has 0 saturated carbocycles. The molecule has 110 valence electrons. The average molecular weight is 282 g/mol. The molecule has 3 rings (SSSR count). The molecule has 4 heteroatoms. The van der Waals surface area contributed by atoms with Crippen LogP contribution in [0, 0.1) is 6.92 Å². The topological polar surface area (TPSA) is 54.2 Å². The van der Waals surface area contributed by atoms with Crippen molar-refractivity contribution in [2.24, 2.45) is 0 Å². The highest BCUT2D eigenvalue weighted by Crippen LogP contribution is 2.19. The Bertz CT molecular complexity index is 597. The van der Waals surface area contributed by atoms with E-state index >= 15 is 0 Å². The van der Waals surface area contributed by atoms with Crippen molar-refractivity contribution in [3.8, 4) is 0 Å². The molecular weight excluding hydrogens is 260 g/mol. The second kappa shape index (κ2) is 6.14.